The molecule has 3 heterocycles. The molecule has 0 saturated carbocycles. The Morgan fingerprint density at radius 1 is 1.22 bits per heavy atom. The van der Waals surface area contributed by atoms with Gasteiger partial charge in [-0.25, -0.2) is 14.3 Å². The number of imidazole rings is 1. The van der Waals surface area contributed by atoms with Crippen molar-refractivity contribution >= 4 is 28.4 Å². The first-order valence-electron chi connectivity index (χ1n) is 6.82. The number of aromatic amines is 2. The Bertz CT molecular complexity index is 1110. The molecule has 9 heteroatoms. The van der Waals surface area contributed by atoms with Crippen LogP contribution in [0.5, 0.6) is 0 Å². The molecule has 9 nitrogen and oxygen atoms in total. The lowest BCUT2D eigenvalue weighted by Crippen LogP contribution is -2.14. The molecule has 0 atom stereocenters. The average Bonchev–Trinajstić information content (AvgIpc) is 3.10. The second-order valence-electron chi connectivity index (χ2n) is 5.03. The Morgan fingerprint density at radius 3 is 2.87 bits per heavy atom. The average molecular weight is 309 g/mol. The number of hydrogen-bond donors (Lipinski definition) is 3. The second-order valence-corrected chi connectivity index (χ2v) is 5.03. The van der Waals surface area contributed by atoms with Gasteiger partial charge in [-0.2, -0.15) is 4.98 Å². The van der Waals surface area contributed by atoms with Gasteiger partial charge >= 0.3 is 5.69 Å². The van der Waals surface area contributed by atoms with Crippen LogP contribution in [0.3, 0.4) is 0 Å². The molecule has 1 amide bonds. The molecule has 4 rings (SSSR count). The van der Waals surface area contributed by atoms with Crippen LogP contribution >= 0.6 is 0 Å². The fourth-order valence-electron chi connectivity index (χ4n) is 2.30. The summed E-state index contributed by atoms with van der Waals surface area (Å²) in [5.41, 5.74) is 2.33. The van der Waals surface area contributed by atoms with Gasteiger partial charge in [-0.1, -0.05) is 0 Å². The van der Waals surface area contributed by atoms with E-state index in [1.807, 2.05) is 6.92 Å². The summed E-state index contributed by atoms with van der Waals surface area (Å²) in [5, 5.41) is 6.84. The standard InChI is InChI=1S/C14H11N7O2/c1-7-4-5-15-13-19-11(20-21(7)13)12(22)16-8-2-3-9-10(6-8)18-14(23)17-9/h2-6H,1H3,(H,16,22)(H2,17,18,23). The van der Waals surface area contributed by atoms with Gasteiger partial charge in [0, 0.05) is 17.6 Å². The van der Waals surface area contributed by atoms with Crippen molar-refractivity contribution in [1.82, 2.24) is 29.5 Å². The highest BCUT2D eigenvalue weighted by Crippen LogP contribution is 2.15. The first kappa shape index (κ1) is 13.2. The van der Waals surface area contributed by atoms with Crippen molar-refractivity contribution < 1.29 is 4.79 Å². The fraction of sp³-hybridized carbons (Fsp3) is 0.0714. The molecule has 1 aromatic carbocycles. The molecule has 23 heavy (non-hydrogen) atoms. The summed E-state index contributed by atoms with van der Waals surface area (Å²) in [6, 6.07) is 6.82. The highest BCUT2D eigenvalue weighted by Gasteiger charge is 2.14. The molecular weight excluding hydrogens is 298 g/mol. The van der Waals surface area contributed by atoms with E-state index >= 15 is 0 Å². The summed E-state index contributed by atoms with van der Waals surface area (Å²) in [6.07, 6.45) is 1.61. The number of hydrogen-bond acceptors (Lipinski definition) is 5. The van der Waals surface area contributed by atoms with Crippen LogP contribution in [0.2, 0.25) is 0 Å². The number of fused-ring (bicyclic) bond motifs is 2. The zero-order chi connectivity index (χ0) is 16.0. The number of H-pyrrole nitrogens is 2. The maximum absolute atomic E-state index is 12.3. The van der Waals surface area contributed by atoms with Gasteiger partial charge in [0.15, 0.2) is 0 Å². The summed E-state index contributed by atoms with van der Waals surface area (Å²) < 4.78 is 1.50. The van der Waals surface area contributed by atoms with E-state index in [-0.39, 0.29) is 11.5 Å². The third-order valence-electron chi connectivity index (χ3n) is 3.41. The molecule has 0 aliphatic rings. The van der Waals surface area contributed by atoms with Crippen LogP contribution in [-0.4, -0.2) is 35.5 Å². The van der Waals surface area contributed by atoms with Crippen LogP contribution in [0.25, 0.3) is 16.8 Å². The number of carbonyl (C=O) groups excluding carboxylic acids is 1. The smallest absolute Gasteiger partial charge is 0.319 e. The van der Waals surface area contributed by atoms with Gasteiger partial charge in [0.25, 0.3) is 11.7 Å². The molecule has 0 aliphatic heterocycles. The van der Waals surface area contributed by atoms with Crippen molar-refractivity contribution in [2.24, 2.45) is 0 Å². The minimum Gasteiger partial charge on any atom is -0.319 e. The van der Waals surface area contributed by atoms with E-state index in [4.69, 9.17) is 0 Å². The number of aromatic nitrogens is 6. The van der Waals surface area contributed by atoms with Gasteiger partial charge < -0.3 is 15.3 Å². The van der Waals surface area contributed by atoms with Crippen molar-refractivity contribution in [3.8, 4) is 0 Å². The van der Waals surface area contributed by atoms with Crippen molar-refractivity contribution in [2.45, 2.75) is 6.92 Å². The Morgan fingerprint density at radius 2 is 2.04 bits per heavy atom. The molecular formula is C14H11N7O2. The van der Waals surface area contributed by atoms with Crippen LogP contribution in [0.1, 0.15) is 16.3 Å². The summed E-state index contributed by atoms with van der Waals surface area (Å²) in [5.74, 6) is -0.0674. The van der Waals surface area contributed by atoms with E-state index in [2.05, 4.69) is 30.4 Å². The monoisotopic (exact) mass is 309 g/mol. The second kappa shape index (κ2) is 4.77. The highest BCUT2D eigenvalue weighted by atomic mass is 16.2. The van der Waals surface area contributed by atoms with Crippen LogP contribution in [0, 0.1) is 6.92 Å². The number of nitrogens with one attached hydrogen (secondary N) is 3. The van der Waals surface area contributed by atoms with Crippen LogP contribution in [0.4, 0.5) is 5.69 Å². The predicted octanol–water partition coefficient (Wildman–Crippen LogP) is 0.855. The molecule has 0 radical (unpaired) electrons. The normalized spacial score (nSPS) is 11.2. The minimum atomic E-state index is -0.452. The van der Waals surface area contributed by atoms with Gasteiger partial charge in [0.1, 0.15) is 0 Å². The van der Waals surface area contributed by atoms with Crippen molar-refractivity contribution in [3.05, 3.63) is 52.5 Å². The van der Waals surface area contributed by atoms with Crippen molar-refractivity contribution in [1.29, 1.82) is 0 Å². The van der Waals surface area contributed by atoms with Gasteiger partial charge in [-0.15, -0.1) is 5.10 Å². The quantitative estimate of drug-likeness (QED) is 0.507. The largest absolute Gasteiger partial charge is 0.323 e. The van der Waals surface area contributed by atoms with Gasteiger partial charge in [-0.05, 0) is 31.2 Å². The minimum absolute atomic E-state index is 0.0226. The molecule has 4 aromatic rings. The maximum Gasteiger partial charge on any atom is 0.323 e. The summed E-state index contributed by atoms with van der Waals surface area (Å²) in [6.45, 7) is 1.85. The Balaban J connectivity index is 1.67. The van der Waals surface area contributed by atoms with Gasteiger partial charge in [0.05, 0.1) is 11.0 Å². The Hall–Kier alpha value is -3.49. The molecule has 114 valence electrons. The van der Waals surface area contributed by atoms with Crippen LogP contribution in [0.15, 0.2) is 35.3 Å². The van der Waals surface area contributed by atoms with E-state index in [1.54, 1.807) is 30.5 Å². The lowest BCUT2D eigenvalue weighted by atomic mass is 10.2. The number of carbonyl (C=O) groups is 1. The SMILES string of the molecule is Cc1ccnc2nc(C(=O)Nc3ccc4[nH]c(=O)[nH]c4c3)nn12. The number of amides is 1. The van der Waals surface area contributed by atoms with Crippen molar-refractivity contribution in [3.63, 3.8) is 0 Å². The molecule has 3 N–H and O–H groups in total. The van der Waals surface area contributed by atoms with Crippen LogP contribution in [-0.2, 0) is 0 Å². The lowest BCUT2D eigenvalue weighted by molar-refractivity contribution is 0.101. The number of benzene rings is 1. The van der Waals surface area contributed by atoms with Gasteiger partial charge in [0.2, 0.25) is 5.82 Å². The lowest BCUT2D eigenvalue weighted by Gasteiger charge is -2.02. The fourth-order valence-corrected chi connectivity index (χ4v) is 2.30. The molecule has 0 unspecified atom stereocenters. The molecule has 0 aliphatic carbocycles. The third kappa shape index (κ3) is 2.24. The van der Waals surface area contributed by atoms with Crippen molar-refractivity contribution in [2.75, 3.05) is 5.32 Å². The molecule has 0 fully saturated rings. The topological polar surface area (TPSA) is 121 Å². The van der Waals surface area contributed by atoms with E-state index < -0.39 is 5.91 Å². The summed E-state index contributed by atoms with van der Waals surface area (Å²) >= 11 is 0. The molecule has 0 spiro atoms. The van der Waals surface area contributed by atoms with E-state index in [0.29, 0.717) is 22.5 Å². The number of nitrogens with zero attached hydrogens (tertiary/aromatic N) is 4. The first-order valence-corrected chi connectivity index (χ1v) is 6.82. The van der Waals surface area contributed by atoms with Gasteiger partial charge in [-0.3, -0.25) is 4.79 Å². The maximum atomic E-state index is 12.3. The first-order chi connectivity index (χ1) is 11.1. The number of rotatable bonds is 2. The zero-order valence-corrected chi connectivity index (χ0v) is 12.0. The number of aryl methyl sites for hydroxylation is 1. The summed E-state index contributed by atoms with van der Waals surface area (Å²) in [4.78, 5) is 37.0. The molecule has 0 saturated heterocycles. The highest BCUT2D eigenvalue weighted by molar-refractivity contribution is 6.02. The summed E-state index contributed by atoms with van der Waals surface area (Å²) in [7, 11) is 0. The van der Waals surface area contributed by atoms with E-state index in [1.165, 1.54) is 4.52 Å². The Labute approximate surface area is 128 Å². The Kier molecular flexibility index (Phi) is 2.73. The number of anilines is 1. The van der Waals surface area contributed by atoms with E-state index in [0.717, 1.165) is 5.69 Å². The van der Waals surface area contributed by atoms with E-state index in [9.17, 15) is 9.59 Å². The van der Waals surface area contributed by atoms with Crippen LogP contribution < -0.4 is 11.0 Å². The molecule has 0 bridgehead atoms. The third-order valence-corrected chi connectivity index (χ3v) is 3.41. The zero-order valence-electron chi connectivity index (χ0n) is 12.0. The molecule has 3 aromatic heterocycles. The predicted molar refractivity (Wildman–Crippen MR) is 82.4 cm³/mol.